The van der Waals surface area contributed by atoms with Crippen molar-refractivity contribution in [1.29, 1.82) is 0 Å². The maximum atomic E-state index is 5.26. The first kappa shape index (κ1) is 16.3. The third-order valence-electron chi connectivity index (χ3n) is 4.61. The zero-order valence-corrected chi connectivity index (χ0v) is 13.8. The molecule has 0 spiro atoms. The van der Waals surface area contributed by atoms with Crippen LogP contribution in [0.3, 0.4) is 0 Å². The first-order valence-electron chi connectivity index (χ1n) is 8.33. The van der Waals surface area contributed by atoms with Gasteiger partial charge in [-0.1, -0.05) is 19.1 Å². The van der Waals surface area contributed by atoms with Gasteiger partial charge in [0.05, 0.1) is 7.11 Å². The predicted molar refractivity (Wildman–Crippen MR) is 88.9 cm³/mol. The van der Waals surface area contributed by atoms with Crippen molar-refractivity contribution in [2.75, 3.05) is 33.3 Å². The van der Waals surface area contributed by atoms with Crippen LogP contribution in [0.5, 0.6) is 5.75 Å². The molecule has 1 aliphatic rings. The molecule has 118 valence electrons. The molecule has 1 unspecified atom stereocenters. The zero-order chi connectivity index (χ0) is 15.1. The fourth-order valence-electron chi connectivity index (χ4n) is 3.22. The number of nitrogens with one attached hydrogen (secondary N) is 1. The van der Waals surface area contributed by atoms with E-state index < -0.39 is 0 Å². The molecule has 1 aliphatic heterocycles. The van der Waals surface area contributed by atoms with Crippen LogP contribution in [0.15, 0.2) is 24.3 Å². The Morgan fingerprint density at radius 1 is 1.24 bits per heavy atom. The Hall–Kier alpha value is -1.06. The highest BCUT2D eigenvalue weighted by molar-refractivity contribution is 5.28. The molecule has 0 aliphatic carbocycles. The van der Waals surface area contributed by atoms with Crippen LogP contribution in [-0.2, 0) is 0 Å². The number of nitrogens with zero attached hydrogens (tertiary/aromatic N) is 1. The Balaban J connectivity index is 2.00. The second-order valence-electron chi connectivity index (χ2n) is 6.14. The van der Waals surface area contributed by atoms with Crippen LogP contribution in [0, 0.1) is 5.92 Å². The van der Waals surface area contributed by atoms with Gasteiger partial charge in [0, 0.05) is 12.6 Å². The maximum Gasteiger partial charge on any atom is 0.118 e. The van der Waals surface area contributed by atoms with E-state index in [-0.39, 0.29) is 0 Å². The number of piperidine rings is 1. The van der Waals surface area contributed by atoms with Crippen molar-refractivity contribution in [2.45, 2.75) is 39.2 Å². The molecule has 0 aromatic heterocycles. The van der Waals surface area contributed by atoms with Gasteiger partial charge in [-0.2, -0.15) is 0 Å². The SMILES string of the molecule is CCCN(CC1CCNCC1)C(C)c1ccc(OC)cc1. The Morgan fingerprint density at radius 2 is 1.90 bits per heavy atom. The Bertz CT molecular complexity index is 398. The third-order valence-corrected chi connectivity index (χ3v) is 4.61. The lowest BCUT2D eigenvalue weighted by molar-refractivity contribution is 0.161. The molecule has 3 nitrogen and oxygen atoms in total. The van der Waals surface area contributed by atoms with Crippen molar-refractivity contribution >= 4 is 0 Å². The number of methoxy groups -OCH3 is 1. The molecule has 1 heterocycles. The molecule has 0 radical (unpaired) electrons. The van der Waals surface area contributed by atoms with Crippen molar-refractivity contribution in [3.8, 4) is 5.75 Å². The molecular formula is C18H30N2O. The van der Waals surface area contributed by atoms with E-state index in [9.17, 15) is 0 Å². The minimum Gasteiger partial charge on any atom is -0.497 e. The topological polar surface area (TPSA) is 24.5 Å². The zero-order valence-electron chi connectivity index (χ0n) is 13.8. The second-order valence-corrected chi connectivity index (χ2v) is 6.14. The lowest BCUT2D eigenvalue weighted by Crippen LogP contribution is -2.37. The molecule has 1 saturated heterocycles. The van der Waals surface area contributed by atoms with E-state index >= 15 is 0 Å². The summed E-state index contributed by atoms with van der Waals surface area (Å²) >= 11 is 0. The summed E-state index contributed by atoms with van der Waals surface area (Å²) < 4.78 is 5.26. The minimum atomic E-state index is 0.478. The summed E-state index contributed by atoms with van der Waals surface area (Å²) in [5.74, 6) is 1.78. The van der Waals surface area contributed by atoms with E-state index in [4.69, 9.17) is 4.74 Å². The molecule has 3 heteroatoms. The lowest BCUT2D eigenvalue weighted by atomic mass is 9.96. The summed E-state index contributed by atoms with van der Waals surface area (Å²) in [5, 5.41) is 3.46. The van der Waals surface area contributed by atoms with E-state index in [0.29, 0.717) is 6.04 Å². The number of benzene rings is 1. The van der Waals surface area contributed by atoms with E-state index in [0.717, 1.165) is 11.7 Å². The highest BCUT2D eigenvalue weighted by atomic mass is 16.5. The van der Waals surface area contributed by atoms with Gasteiger partial charge in [-0.15, -0.1) is 0 Å². The average Bonchev–Trinajstić information content (AvgIpc) is 2.55. The van der Waals surface area contributed by atoms with Gasteiger partial charge in [0.15, 0.2) is 0 Å². The Labute approximate surface area is 129 Å². The third kappa shape index (κ3) is 4.72. The molecule has 1 fully saturated rings. The lowest BCUT2D eigenvalue weighted by Gasteiger charge is -2.34. The molecule has 1 N–H and O–H groups in total. The van der Waals surface area contributed by atoms with E-state index in [2.05, 4.69) is 48.3 Å². The molecule has 0 saturated carbocycles. The smallest absolute Gasteiger partial charge is 0.118 e. The van der Waals surface area contributed by atoms with Gasteiger partial charge in [0.1, 0.15) is 5.75 Å². The fourth-order valence-corrected chi connectivity index (χ4v) is 3.22. The molecular weight excluding hydrogens is 260 g/mol. The first-order valence-corrected chi connectivity index (χ1v) is 8.33. The molecule has 1 aromatic rings. The number of hydrogen-bond donors (Lipinski definition) is 1. The van der Waals surface area contributed by atoms with Crippen LogP contribution in [0.1, 0.15) is 44.7 Å². The molecule has 0 amide bonds. The van der Waals surface area contributed by atoms with E-state index in [1.165, 1.54) is 51.0 Å². The summed E-state index contributed by atoms with van der Waals surface area (Å²) in [4.78, 5) is 2.65. The quantitative estimate of drug-likeness (QED) is 0.832. The van der Waals surface area contributed by atoms with Crippen molar-refractivity contribution in [1.82, 2.24) is 10.2 Å². The summed E-state index contributed by atoms with van der Waals surface area (Å²) in [6, 6.07) is 9.02. The van der Waals surface area contributed by atoms with Gasteiger partial charge in [-0.25, -0.2) is 0 Å². The van der Waals surface area contributed by atoms with Gasteiger partial charge in [-0.05, 0) is 69.4 Å². The van der Waals surface area contributed by atoms with Gasteiger partial charge in [0.2, 0.25) is 0 Å². The highest BCUT2D eigenvalue weighted by Crippen LogP contribution is 2.25. The Kier molecular flexibility index (Phi) is 6.52. The van der Waals surface area contributed by atoms with Crippen LogP contribution in [0.2, 0.25) is 0 Å². The first-order chi connectivity index (χ1) is 10.2. The molecule has 1 atom stereocenters. The van der Waals surface area contributed by atoms with E-state index in [1.807, 2.05) is 0 Å². The normalized spacial score (nSPS) is 17.9. The summed E-state index contributed by atoms with van der Waals surface area (Å²) in [5.41, 5.74) is 1.39. The van der Waals surface area contributed by atoms with Crippen molar-refractivity contribution in [3.05, 3.63) is 29.8 Å². The van der Waals surface area contributed by atoms with Gasteiger partial charge >= 0.3 is 0 Å². The number of rotatable bonds is 7. The monoisotopic (exact) mass is 290 g/mol. The van der Waals surface area contributed by atoms with Gasteiger partial charge < -0.3 is 10.1 Å². The standard InChI is InChI=1S/C18H30N2O/c1-4-13-20(14-16-9-11-19-12-10-16)15(2)17-5-7-18(21-3)8-6-17/h5-8,15-16,19H,4,9-14H2,1-3H3. The van der Waals surface area contributed by atoms with Crippen molar-refractivity contribution in [3.63, 3.8) is 0 Å². The van der Waals surface area contributed by atoms with Crippen molar-refractivity contribution < 1.29 is 4.74 Å². The summed E-state index contributed by atoms with van der Waals surface area (Å²) in [7, 11) is 1.72. The molecule has 1 aromatic carbocycles. The van der Waals surface area contributed by atoms with Crippen LogP contribution in [-0.4, -0.2) is 38.2 Å². The molecule has 21 heavy (non-hydrogen) atoms. The molecule has 0 bridgehead atoms. The number of ether oxygens (including phenoxy) is 1. The minimum absolute atomic E-state index is 0.478. The van der Waals surface area contributed by atoms with Crippen LogP contribution in [0.25, 0.3) is 0 Å². The molecule has 2 rings (SSSR count). The Morgan fingerprint density at radius 3 is 2.48 bits per heavy atom. The van der Waals surface area contributed by atoms with Gasteiger partial charge in [0.25, 0.3) is 0 Å². The largest absolute Gasteiger partial charge is 0.497 e. The van der Waals surface area contributed by atoms with E-state index in [1.54, 1.807) is 7.11 Å². The summed E-state index contributed by atoms with van der Waals surface area (Å²) in [6.07, 6.45) is 3.84. The van der Waals surface area contributed by atoms with Crippen LogP contribution in [0.4, 0.5) is 0 Å². The number of hydrogen-bond acceptors (Lipinski definition) is 3. The van der Waals surface area contributed by atoms with Crippen LogP contribution < -0.4 is 10.1 Å². The van der Waals surface area contributed by atoms with Crippen LogP contribution >= 0.6 is 0 Å². The average molecular weight is 290 g/mol. The fraction of sp³-hybridized carbons (Fsp3) is 0.667. The highest BCUT2D eigenvalue weighted by Gasteiger charge is 2.21. The maximum absolute atomic E-state index is 5.26. The predicted octanol–water partition coefficient (Wildman–Crippen LogP) is 3.47. The second kappa shape index (κ2) is 8.40. The van der Waals surface area contributed by atoms with Gasteiger partial charge in [-0.3, -0.25) is 4.90 Å². The van der Waals surface area contributed by atoms with Crippen molar-refractivity contribution in [2.24, 2.45) is 5.92 Å². The summed E-state index contributed by atoms with van der Waals surface area (Å²) in [6.45, 7) is 9.37.